The van der Waals surface area contributed by atoms with Crippen LogP contribution in [0.3, 0.4) is 0 Å². The summed E-state index contributed by atoms with van der Waals surface area (Å²) < 4.78 is 7.73. The van der Waals surface area contributed by atoms with Crippen LogP contribution < -0.4 is 5.73 Å². The topological polar surface area (TPSA) is 53.1 Å². The van der Waals surface area contributed by atoms with Crippen molar-refractivity contribution >= 4 is 0 Å². The van der Waals surface area contributed by atoms with E-state index in [1.807, 2.05) is 6.20 Å². The van der Waals surface area contributed by atoms with E-state index in [1.54, 1.807) is 0 Å². The van der Waals surface area contributed by atoms with Gasteiger partial charge in [0.15, 0.2) is 0 Å². The van der Waals surface area contributed by atoms with E-state index in [2.05, 4.69) is 9.55 Å². The lowest BCUT2D eigenvalue weighted by atomic mass is 10.0. The molecular formula is C11H17N3O. The fourth-order valence-corrected chi connectivity index (χ4v) is 2.62. The molecule has 1 fully saturated rings. The summed E-state index contributed by atoms with van der Waals surface area (Å²) in [5.74, 6) is 1.68. The Bertz CT molecular complexity index is 355. The number of imidazole rings is 1. The summed E-state index contributed by atoms with van der Waals surface area (Å²) in [5, 5.41) is 0. The molecule has 15 heavy (non-hydrogen) atoms. The molecule has 3 rings (SSSR count). The Morgan fingerprint density at radius 1 is 1.47 bits per heavy atom. The van der Waals surface area contributed by atoms with E-state index in [0.717, 1.165) is 32.6 Å². The molecule has 2 aliphatic heterocycles. The summed E-state index contributed by atoms with van der Waals surface area (Å²) in [7, 11) is 0. The first kappa shape index (κ1) is 9.36. The Balaban J connectivity index is 1.95. The summed E-state index contributed by atoms with van der Waals surface area (Å²) in [6.45, 7) is 2.78. The molecule has 2 atom stereocenters. The van der Waals surface area contributed by atoms with Gasteiger partial charge in [-0.05, 0) is 19.3 Å². The lowest BCUT2D eigenvalue weighted by Gasteiger charge is -2.23. The minimum Gasteiger partial charge on any atom is -0.381 e. The first-order chi connectivity index (χ1) is 7.36. The van der Waals surface area contributed by atoms with Crippen molar-refractivity contribution in [3.63, 3.8) is 0 Å². The van der Waals surface area contributed by atoms with E-state index >= 15 is 0 Å². The zero-order chi connectivity index (χ0) is 10.3. The maximum absolute atomic E-state index is 6.07. The van der Waals surface area contributed by atoms with Crippen molar-refractivity contribution in [1.82, 2.24) is 9.55 Å². The first-order valence-electron chi connectivity index (χ1n) is 5.75. The molecule has 0 aliphatic carbocycles. The second-order valence-electron chi connectivity index (χ2n) is 4.50. The van der Waals surface area contributed by atoms with Crippen LogP contribution in [0.4, 0.5) is 0 Å². The Labute approximate surface area is 89.4 Å². The highest BCUT2D eigenvalue weighted by Crippen LogP contribution is 2.30. The first-order valence-corrected chi connectivity index (χ1v) is 5.75. The molecule has 3 heterocycles. The molecule has 0 aromatic carbocycles. The third kappa shape index (κ3) is 1.48. The van der Waals surface area contributed by atoms with Crippen molar-refractivity contribution in [2.75, 3.05) is 13.2 Å². The standard InChI is InChI=1S/C11H17N3O/c12-9-2-1-4-14-10(9)6-13-11(14)8-3-5-15-7-8/h6,8-9H,1-5,7,12H2. The van der Waals surface area contributed by atoms with E-state index in [1.165, 1.54) is 17.9 Å². The van der Waals surface area contributed by atoms with Crippen LogP contribution in [-0.4, -0.2) is 22.8 Å². The van der Waals surface area contributed by atoms with Gasteiger partial charge in [0.25, 0.3) is 0 Å². The van der Waals surface area contributed by atoms with Gasteiger partial charge in [-0.2, -0.15) is 0 Å². The average molecular weight is 207 g/mol. The highest BCUT2D eigenvalue weighted by molar-refractivity contribution is 5.15. The van der Waals surface area contributed by atoms with E-state index in [-0.39, 0.29) is 6.04 Å². The van der Waals surface area contributed by atoms with Gasteiger partial charge in [0.2, 0.25) is 0 Å². The Hall–Kier alpha value is -0.870. The van der Waals surface area contributed by atoms with Crippen molar-refractivity contribution in [1.29, 1.82) is 0 Å². The number of aromatic nitrogens is 2. The number of ether oxygens (including phenoxy) is 1. The fourth-order valence-electron chi connectivity index (χ4n) is 2.62. The highest BCUT2D eigenvalue weighted by atomic mass is 16.5. The van der Waals surface area contributed by atoms with Gasteiger partial charge in [0.1, 0.15) is 5.82 Å². The molecule has 1 aromatic rings. The lowest BCUT2D eigenvalue weighted by Crippen LogP contribution is -2.23. The number of rotatable bonds is 1. The summed E-state index contributed by atoms with van der Waals surface area (Å²) in [6, 6.07) is 0.183. The molecular weight excluding hydrogens is 190 g/mol. The molecule has 0 amide bonds. The average Bonchev–Trinajstić information content (AvgIpc) is 2.85. The van der Waals surface area contributed by atoms with Gasteiger partial charge in [-0.1, -0.05) is 0 Å². The second-order valence-corrected chi connectivity index (χ2v) is 4.50. The molecule has 2 N–H and O–H groups in total. The molecule has 0 saturated carbocycles. The van der Waals surface area contributed by atoms with Gasteiger partial charge in [-0.15, -0.1) is 0 Å². The van der Waals surface area contributed by atoms with Crippen LogP contribution in [0, 0.1) is 0 Å². The van der Waals surface area contributed by atoms with Gasteiger partial charge < -0.3 is 15.0 Å². The van der Waals surface area contributed by atoms with Crippen molar-refractivity contribution < 1.29 is 4.74 Å². The molecule has 82 valence electrons. The quantitative estimate of drug-likeness (QED) is 0.752. The molecule has 2 aliphatic rings. The fraction of sp³-hybridized carbons (Fsp3) is 0.727. The van der Waals surface area contributed by atoms with Crippen molar-refractivity contribution in [3.05, 3.63) is 17.7 Å². The maximum atomic E-state index is 6.07. The molecule has 0 radical (unpaired) electrons. The van der Waals surface area contributed by atoms with Gasteiger partial charge >= 0.3 is 0 Å². The molecule has 0 spiro atoms. The van der Waals surface area contributed by atoms with Crippen LogP contribution in [0.15, 0.2) is 6.20 Å². The SMILES string of the molecule is NC1CCCn2c1cnc2C1CCOC1. The predicted molar refractivity (Wildman–Crippen MR) is 56.6 cm³/mol. The van der Waals surface area contributed by atoms with Crippen LogP contribution in [-0.2, 0) is 11.3 Å². The largest absolute Gasteiger partial charge is 0.381 e. The minimum atomic E-state index is 0.183. The van der Waals surface area contributed by atoms with Gasteiger partial charge in [-0.3, -0.25) is 0 Å². The maximum Gasteiger partial charge on any atom is 0.114 e. The number of nitrogens with zero attached hydrogens (tertiary/aromatic N) is 2. The van der Waals surface area contributed by atoms with Gasteiger partial charge in [0, 0.05) is 25.1 Å². The van der Waals surface area contributed by atoms with E-state index in [9.17, 15) is 0 Å². The second kappa shape index (κ2) is 3.61. The Morgan fingerprint density at radius 3 is 3.20 bits per heavy atom. The molecule has 2 unspecified atom stereocenters. The molecule has 4 nitrogen and oxygen atoms in total. The summed E-state index contributed by atoms with van der Waals surface area (Å²) in [4.78, 5) is 4.53. The normalized spacial score (nSPS) is 30.5. The van der Waals surface area contributed by atoms with E-state index in [4.69, 9.17) is 10.5 Å². The Morgan fingerprint density at radius 2 is 2.40 bits per heavy atom. The zero-order valence-corrected chi connectivity index (χ0v) is 8.85. The summed E-state index contributed by atoms with van der Waals surface area (Å²) >= 11 is 0. The third-order valence-corrected chi connectivity index (χ3v) is 3.49. The number of nitrogens with two attached hydrogens (primary N) is 1. The summed E-state index contributed by atoms with van der Waals surface area (Å²) in [5.41, 5.74) is 7.28. The van der Waals surface area contributed by atoms with Crippen LogP contribution in [0.1, 0.15) is 42.7 Å². The van der Waals surface area contributed by atoms with Crippen molar-refractivity contribution in [2.45, 2.75) is 37.8 Å². The van der Waals surface area contributed by atoms with Gasteiger partial charge in [-0.25, -0.2) is 4.98 Å². The summed E-state index contributed by atoms with van der Waals surface area (Å²) in [6.07, 6.45) is 5.32. The Kier molecular flexibility index (Phi) is 2.25. The van der Waals surface area contributed by atoms with Gasteiger partial charge in [0.05, 0.1) is 18.5 Å². The van der Waals surface area contributed by atoms with Crippen LogP contribution in [0.25, 0.3) is 0 Å². The lowest BCUT2D eigenvalue weighted by molar-refractivity contribution is 0.192. The molecule has 1 saturated heterocycles. The van der Waals surface area contributed by atoms with E-state index < -0.39 is 0 Å². The predicted octanol–water partition coefficient (Wildman–Crippen LogP) is 1.18. The molecule has 0 bridgehead atoms. The van der Waals surface area contributed by atoms with Crippen molar-refractivity contribution in [3.8, 4) is 0 Å². The van der Waals surface area contributed by atoms with Crippen molar-refractivity contribution in [2.24, 2.45) is 5.73 Å². The van der Waals surface area contributed by atoms with E-state index in [0.29, 0.717) is 5.92 Å². The monoisotopic (exact) mass is 207 g/mol. The minimum absolute atomic E-state index is 0.183. The van der Waals surface area contributed by atoms with Crippen LogP contribution in [0.2, 0.25) is 0 Å². The van der Waals surface area contributed by atoms with Crippen LogP contribution >= 0.6 is 0 Å². The molecule has 1 aromatic heterocycles. The number of hydrogen-bond acceptors (Lipinski definition) is 3. The smallest absolute Gasteiger partial charge is 0.114 e. The number of fused-ring (bicyclic) bond motifs is 1. The highest BCUT2D eigenvalue weighted by Gasteiger charge is 2.27. The molecule has 4 heteroatoms. The third-order valence-electron chi connectivity index (χ3n) is 3.49. The van der Waals surface area contributed by atoms with Crippen LogP contribution in [0.5, 0.6) is 0 Å². The zero-order valence-electron chi connectivity index (χ0n) is 8.85. The number of hydrogen-bond donors (Lipinski definition) is 1.